The lowest BCUT2D eigenvalue weighted by Gasteiger charge is -2.31. The van der Waals surface area contributed by atoms with Crippen LogP contribution in [0.25, 0.3) is 32.9 Å². The highest BCUT2D eigenvalue weighted by molar-refractivity contribution is 6.04. The summed E-state index contributed by atoms with van der Waals surface area (Å²) in [6.07, 6.45) is 9.80. The van der Waals surface area contributed by atoms with Crippen molar-refractivity contribution in [2.24, 2.45) is 0 Å². The van der Waals surface area contributed by atoms with Gasteiger partial charge in [-0.15, -0.1) is 6.42 Å². The molecule has 49 heavy (non-hydrogen) atoms. The van der Waals surface area contributed by atoms with Crippen LogP contribution in [-0.4, -0.2) is 79.5 Å². The van der Waals surface area contributed by atoms with Gasteiger partial charge in [0.2, 0.25) is 5.88 Å². The van der Waals surface area contributed by atoms with Crippen molar-refractivity contribution in [3.63, 3.8) is 0 Å². The third kappa shape index (κ3) is 4.90. The Morgan fingerprint density at radius 3 is 2.82 bits per heavy atom. The highest BCUT2D eigenvalue weighted by Gasteiger charge is 2.49. The molecule has 11 nitrogen and oxygen atoms in total. The fourth-order valence-corrected chi connectivity index (χ4v) is 7.60. The van der Waals surface area contributed by atoms with Crippen LogP contribution in [0.5, 0.6) is 17.6 Å². The van der Waals surface area contributed by atoms with E-state index in [0.717, 1.165) is 25.5 Å². The van der Waals surface area contributed by atoms with E-state index < -0.39 is 35.1 Å². The molecule has 5 aromatic rings. The Hall–Kier alpha value is -5.42. The van der Waals surface area contributed by atoms with Gasteiger partial charge >= 0.3 is 6.01 Å². The van der Waals surface area contributed by atoms with E-state index in [-0.39, 0.29) is 81.8 Å². The van der Waals surface area contributed by atoms with Gasteiger partial charge in [-0.2, -0.15) is 9.97 Å². The second kappa shape index (κ2) is 11.6. The maximum Gasteiger partial charge on any atom is 0.319 e. The molecule has 6 heterocycles. The molecule has 2 fully saturated rings. The molecule has 0 radical (unpaired) electrons. The van der Waals surface area contributed by atoms with Crippen molar-refractivity contribution in [3.8, 4) is 41.2 Å². The normalized spacial score (nSPS) is 21.0. The number of halogens is 3. The summed E-state index contributed by atoms with van der Waals surface area (Å²) >= 11 is 0. The number of phenols is 1. The second-order valence-corrected chi connectivity index (χ2v) is 12.7. The van der Waals surface area contributed by atoms with Gasteiger partial charge in [0.05, 0.1) is 18.1 Å². The van der Waals surface area contributed by atoms with E-state index in [4.69, 9.17) is 26.6 Å². The quantitative estimate of drug-likeness (QED) is 0.234. The first-order valence-corrected chi connectivity index (χ1v) is 16.0. The zero-order valence-electron chi connectivity index (χ0n) is 26.5. The fourth-order valence-electron chi connectivity index (χ4n) is 7.60. The van der Waals surface area contributed by atoms with Gasteiger partial charge in [0, 0.05) is 47.3 Å². The topological polar surface area (TPSA) is 136 Å². The zero-order valence-corrected chi connectivity index (χ0v) is 26.5. The predicted octanol–water partition coefficient (Wildman–Crippen LogP) is 5.10. The van der Waals surface area contributed by atoms with Crippen LogP contribution >= 0.6 is 0 Å². The molecule has 0 unspecified atom stereocenters. The molecule has 3 aromatic heterocycles. The van der Waals surface area contributed by atoms with Crippen LogP contribution in [0.3, 0.4) is 0 Å². The Labute approximate surface area is 278 Å². The second-order valence-electron chi connectivity index (χ2n) is 12.7. The minimum absolute atomic E-state index is 0.00408. The number of aromatic nitrogens is 5. The van der Waals surface area contributed by atoms with Gasteiger partial charge in [0.25, 0.3) is 0 Å². The molecule has 2 saturated heterocycles. The number of pyridine rings is 1. The number of rotatable bonds is 6. The maximum absolute atomic E-state index is 17.1. The smallest absolute Gasteiger partial charge is 0.319 e. The summed E-state index contributed by atoms with van der Waals surface area (Å²) in [5, 5.41) is 10.9. The minimum Gasteiger partial charge on any atom is -0.505 e. The standard InChI is InChI=1S/C35H31F3N8O3/c1-3-19-6-4-7-21-24(19)22(14-23(47)26(21)37)29-27(38)30-25-32(44-34(43-30)49-17-35-8-5-11-45(35)16-20(36)15-35)46(12-13-48-33(25)42-29)18(2)28-31(39)41-10-9-40-28/h1,4,6-7,9-10,14,18,20,47H,5,8,11-13,15-17H2,2H3,(H2,39,41)/t18-,20-,35+/m1/s1. The third-order valence-corrected chi connectivity index (χ3v) is 9.89. The monoisotopic (exact) mass is 668 g/mol. The van der Waals surface area contributed by atoms with E-state index in [1.54, 1.807) is 12.1 Å². The zero-order chi connectivity index (χ0) is 34.0. The van der Waals surface area contributed by atoms with Crippen molar-refractivity contribution in [2.75, 3.05) is 43.5 Å². The SMILES string of the molecule is C#Cc1cccc2c(F)c(O)cc(-c3nc4c5c(nc(OC[C@@]67CCCN6C[C@H](F)C7)nc5c3F)N([C@H](C)c3nccnc3N)CCO4)c12. The number of nitrogen functional groups attached to an aromatic ring is 1. The lowest BCUT2D eigenvalue weighted by Crippen LogP contribution is -2.43. The van der Waals surface area contributed by atoms with Crippen molar-refractivity contribution in [3.05, 3.63) is 59.6 Å². The lowest BCUT2D eigenvalue weighted by atomic mass is 9.95. The summed E-state index contributed by atoms with van der Waals surface area (Å²) in [7, 11) is 0. The number of hydrogen-bond acceptors (Lipinski definition) is 11. The molecular weight excluding hydrogens is 637 g/mol. The Morgan fingerprint density at radius 1 is 1.16 bits per heavy atom. The first kappa shape index (κ1) is 30.9. The summed E-state index contributed by atoms with van der Waals surface area (Å²) in [4.78, 5) is 26.5. The average molecular weight is 669 g/mol. The fraction of sp³-hybridized carbons (Fsp3) is 0.343. The molecule has 3 atom stereocenters. The number of nitrogens with two attached hydrogens (primary N) is 1. The first-order chi connectivity index (χ1) is 23.7. The Kier molecular flexibility index (Phi) is 7.33. The lowest BCUT2D eigenvalue weighted by molar-refractivity contribution is 0.107. The number of hydrogen-bond donors (Lipinski definition) is 2. The Morgan fingerprint density at radius 2 is 2.00 bits per heavy atom. The molecule has 0 spiro atoms. The van der Waals surface area contributed by atoms with Gasteiger partial charge in [-0.25, -0.2) is 23.1 Å². The molecule has 2 aromatic carbocycles. The van der Waals surface area contributed by atoms with Crippen molar-refractivity contribution in [1.29, 1.82) is 0 Å². The summed E-state index contributed by atoms with van der Waals surface area (Å²) in [6.45, 7) is 3.43. The van der Waals surface area contributed by atoms with Crippen molar-refractivity contribution in [2.45, 2.75) is 43.9 Å². The van der Waals surface area contributed by atoms with E-state index in [2.05, 4.69) is 30.8 Å². The number of nitrogens with zero attached hydrogens (tertiary/aromatic N) is 7. The van der Waals surface area contributed by atoms with E-state index in [0.29, 0.717) is 18.7 Å². The molecule has 3 N–H and O–H groups in total. The number of anilines is 2. The Balaban J connectivity index is 1.34. The molecule has 0 aliphatic carbocycles. The number of alkyl halides is 1. The van der Waals surface area contributed by atoms with Gasteiger partial charge in [-0.05, 0) is 38.4 Å². The molecule has 8 rings (SSSR count). The predicted molar refractivity (Wildman–Crippen MR) is 176 cm³/mol. The van der Waals surface area contributed by atoms with Gasteiger partial charge in [0.1, 0.15) is 53.3 Å². The molecule has 0 bridgehead atoms. The van der Waals surface area contributed by atoms with Crippen molar-refractivity contribution >= 4 is 33.3 Å². The summed E-state index contributed by atoms with van der Waals surface area (Å²) in [6, 6.07) is 5.04. The van der Waals surface area contributed by atoms with E-state index >= 15 is 8.78 Å². The van der Waals surface area contributed by atoms with Crippen LogP contribution in [0, 0.1) is 24.0 Å². The summed E-state index contributed by atoms with van der Waals surface area (Å²) in [5.41, 5.74) is 6.04. The van der Waals surface area contributed by atoms with E-state index in [1.165, 1.54) is 18.5 Å². The molecular formula is C35H31F3N8O3. The van der Waals surface area contributed by atoms with Gasteiger partial charge < -0.3 is 25.2 Å². The molecule has 14 heteroatoms. The van der Waals surface area contributed by atoms with Crippen LogP contribution in [0.4, 0.5) is 24.8 Å². The average Bonchev–Trinajstić information content (AvgIpc) is 3.56. The number of benzene rings is 2. The van der Waals surface area contributed by atoms with Gasteiger partial charge in [-0.3, -0.25) is 9.88 Å². The van der Waals surface area contributed by atoms with E-state index in [1.807, 2.05) is 11.8 Å². The summed E-state index contributed by atoms with van der Waals surface area (Å²) < 4.78 is 59.2. The molecule has 3 aliphatic heterocycles. The van der Waals surface area contributed by atoms with Crippen LogP contribution in [-0.2, 0) is 0 Å². The number of terminal acetylenes is 1. The number of aromatic hydroxyl groups is 1. The van der Waals surface area contributed by atoms with Crippen LogP contribution in [0.15, 0.2) is 36.7 Å². The van der Waals surface area contributed by atoms with E-state index in [9.17, 15) is 9.50 Å². The molecule has 0 saturated carbocycles. The van der Waals surface area contributed by atoms with Crippen LogP contribution in [0.2, 0.25) is 0 Å². The highest BCUT2D eigenvalue weighted by Crippen LogP contribution is 2.45. The molecule has 3 aliphatic rings. The van der Waals surface area contributed by atoms with Crippen LogP contribution in [0.1, 0.15) is 43.5 Å². The van der Waals surface area contributed by atoms with Crippen molar-refractivity contribution < 1.29 is 27.8 Å². The summed E-state index contributed by atoms with van der Waals surface area (Å²) in [5.74, 6) is 0.512. The largest absolute Gasteiger partial charge is 0.505 e. The van der Waals surface area contributed by atoms with Gasteiger partial charge in [0.15, 0.2) is 17.4 Å². The van der Waals surface area contributed by atoms with Crippen molar-refractivity contribution in [1.82, 2.24) is 29.8 Å². The molecule has 250 valence electrons. The highest BCUT2D eigenvalue weighted by atomic mass is 19.1. The number of ether oxygens (including phenoxy) is 2. The minimum atomic E-state index is -0.972. The van der Waals surface area contributed by atoms with Crippen LogP contribution < -0.4 is 20.1 Å². The first-order valence-electron chi connectivity index (χ1n) is 16.0. The molecule has 0 amide bonds. The van der Waals surface area contributed by atoms with Gasteiger partial charge in [-0.1, -0.05) is 18.1 Å². The maximum atomic E-state index is 17.1. The third-order valence-electron chi connectivity index (χ3n) is 9.89. The number of phenolic OH excluding ortho intramolecular Hbond substituents is 1. The Bertz CT molecular complexity index is 2200. The number of fused-ring (bicyclic) bond motifs is 2.